The summed E-state index contributed by atoms with van der Waals surface area (Å²) in [5.74, 6) is -0.473. The van der Waals surface area contributed by atoms with Gasteiger partial charge in [0.25, 0.3) is 0 Å². The lowest BCUT2D eigenvalue weighted by Gasteiger charge is -2.18. The summed E-state index contributed by atoms with van der Waals surface area (Å²) in [6.45, 7) is 7.48. The molecule has 0 heterocycles. The molecule has 0 bridgehead atoms. The molecule has 0 radical (unpaired) electrons. The number of esters is 2. The van der Waals surface area contributed by atoms with Crippen molar-refractivity contribution < 1.29 is 23.8 Å². The summed E-state index contributed by atoms with van der Waals surface area (Å²) in [4.78, 5) is 25.5. The Kier molecular flexibility index (Phi) is 52.5. The molecule has 0 aliphatic heterocycles. The summed E-state index contributed by atoms with van der Waals surface area (Å²) < 4.78 is 17.4. The number of carbonyl (C=O) groups excluding carboxylic acids is 2. The van der Waals surface area contributed by atoms with Crippen molar-refractivity contribution in [3.8, 4) is 0 Å². The van der Waals surface area contributed by atoms with Crippen LogP contribution >= 0.6 is 0 Å². The van der Waals surface area contributed by atoms with Gasteiger partial charge in [0, 0.05) is 19.4 Å². The molecule has 0 aromatic carbocycles. The Morgan fingerprint density at radius 3 is 1.12 bits per heavy atom. The van der Waals surface area contributed by atoms with E-state index >= 15 is 0 Å². The summed E-state index contributed by atoms with van der Waals surface area (Å²) in [6.07, 6.45) is 77.8. The average Bonchev–Trinajstić information content (AvgIpc) is 3.32. The van der Waals surface area contributed by atoms with Crippen molar-refractivity contribution in [1.29, 1.82) is 0 Å². The average molecular weight is 913 g/mol. The largest absolute Gasteiger partial charge is 0.462 e. The Hall–Kier alpha value is -3.70. The van der Waals surface area contributed by atoms with Gasteiger partial charge in [0.05, 0.1) is 6.61 Å². The standard InChI is InChI=1S/C61H100O5/c1-4-7-10-13-16-19-22-25-28-30-31-32-34-36-39-42-45-48-51-54-60(62)65-58-59(57-64-56-53-50-47-44-41-38-35-29-26-23-20-17-14-11-8-5-2)66-61(63)55-52-49-46-43-40-37-33-27-24-21-18-15-12-9-6-3/h7,9-10,12,16-21,25-29,31-33,40,43,59H,4-6,8,11,13-15,22-24,30,34-39,41-42,44-58H2,1-3H3/b10-7-,12-9-,19-16-,20-17-,21-18-,28-25-,29-26-,32-31-,33-27-,43-40-. The molecule has 374 valence electrons. The summed E-state index contributed by atoms with van der Waals surface area (Å²) in [7, 11) is 0. The van der Waals surface area contributed by atoms with E-state index in [1.807, 2.05) is 0 Å². The second kappa shape index (κ2) is 55.6. The zero-order valence-electron chi connectivity index (χ0n) is 42.9. The fourth-order valence-electron chi connectivity index (χ4n) is 6.99. The van der Waals surface area contributed by atoms with E-state index in [9.17, 15) is 9.59 Å². The van der Waals surface area contributed by atoms with Gasteiger partial charge in [-0.05, 0) is 128 Å². The van der Waals surface area contributed by atoms with E-state index in [-0.39, 0.29) is 25.2 Å². The molecule has 66 heavy (non-hydrogen) atoms. The molecule has 0 aliphatic carbocycles. The highest BCUT2D eigenvalue weighted by atomic mass is 16.6. The van der Waals surface area contributed by atoms with Crippen LogP contribution in [-0.4, -0.2) is 37.9 Å². The smallest absolute Gasteiger partial charge is 0.306 e. The van der Waals surface area contributed by atoms with Crippen molar-refractivity contribution in [1.82, 2.24) is 0 Å². The molecule has 0 fully saturated rings. The molecule has 0 rings (SSSR count). The van der Waals surface area contributed by atoms with Gasteiger partial charge >= 0.3 is 11.9 Å². The Bertz CT molecular complexity index is 1350. The van der Waals surface area contributed by atoms with Crippen LogP contribution in [0.4, 0.5) is 0 Å². The quantitative estimate of drug-likeness (QED) is 0.0346. The fourth-order valence-corrected chi connectivity index (χ4v) is 6.99. The number of ether oxygens (including phenoxy) is 3. The third kappa shape index (κ3) is 52.9. The van der Waals surface area contributed by atoms with Crippen LogP contribution in [0, 0.1) is 0 Å². The third-order valence-corrected chi connectivity index (χ3v) is 11.0. The van der Waals surface area contributed by atoms with Gasteiger partial charge in [-0.3, -0.25) is 9.59 Å². The lowest BCUT2D eigenvalue weighted by Crippen LogP contribution is -2.30. The molecule has 5 heteroatoms. The first-order valence-corrected chi connectivity index (χ1v) is 27.1. The number of rotatable bonds is 48. The van der Waals surface area contributed by atoms with E-state index in [1.165, 1.54) is 70.6 Å². The summed E-state index contributed by atoms with van der Waals surface area (Å²) in [5.41, 5.74) is 0. The first kappa shape index (κ1) is 62.3. The van der Waals surface area contributed by atoms with Crippen LogP contribution < -0.4 is 0 Å². The van der Waals surface area contributed by atoms with Crippen LogP contribution in [-0.2, 0) is 23.8 Å². The van der Waals surface area contributed by atoms with Gasteiger partial charge in [-0.1, -0.05) is 206 Å². The van der Waals surface area contributed by atoms with Gasteiger partial charge in [-0.25, -0.2) is 0 Å². The zero-order chi connectivity index (χ0) is 47.7. The first-order valence-electron chi connectivity index (χ1n) is 27.1. The van der Waals surface area contributed by atoms with Crippen LogP contribution in [0.1, 0.15) is 226 Å². The van der Waals surface area contributed by atoms with Gasteiger partial charge in [-0.2, -0.15) is 0 Å². The van der Waals surface area contributed by atoms with Gasteiger partial charge < -0.3 is 14.2 Å². The molecule has 0 aliphatic rings. The number of carbonyl (C=O) groups is 2. The maximum Gasteiger partial charge on any atom is 0.306 e. The number of hydrogen-bond acceptors (Lipinski definition) is 5. The first-order chi connectivity index (χ1) is 32.6. The third-order valence-electron chi connectivity index (χ3n) is 11.0. The molecular weight excluding hydrogens is 813 g/mol. The lowest BCUT2D eigenvalue weighted by atomic mass is 10.1. The predicted molar refractivity (Wildman–Crippen MR) is 288 cm³/mol. The molecule has 1 atom stereocenters. The van der Waals surface area contributed by atoms with Crippen LogP contribution in [0.3, 0.4) is 0 Å². The molecule has 0 aromatic rings. The highest BCUT2D eigenvalue weighted by Gasteiger charge is 2.17. The minimum Gasteiger partial charge on any atom is -0.462 e. The topological polar surface area (TPSA) is 61.8 Å². The van der Waals surface area contributed by atoms with Crippen LogP contribution in [0.25, 0.3) is 0 Å². The number of allylic oxidation sites excluding steroid dienone is 20. The van der Waals surface area contributed by atoms with Crippen molar-refractivity contribution >= 4 is 11.9 Å². The van der Waals surface area contributed by atoms with Crippen LogP contribution in [0.2, 0.25) is 0 Å². The van der Waals surface area contributed by atoms with Gasteiger partial charge in [0.15, 0.2) is 6.10 Å². The van der Waals surface area contributed by atoms with E-state index in [1.54, 1.807) is 0 Å². The van der Waals surface area contributed by atoms with E-state index in [0.29, 0.717) is 19.4 Å². The molecule has 0 N–H and O–H groups in total. The summed E-state index contributed by atoms with van der Waals surface area (Å²) in [6, 6.07) is 0. The Labute approximate surface area is 407 Å². The fraction of sp³-hybridized carbons (Fsp3) is 0.639. The van der Waals surface area contributed by atoms with Crippen molar-refractivity contribution in [2.45, 2.75) is 232 Å². The van der Waals surface area contributed by atoms with Crippen LogP contribution in [0.15, 0.2) is 122 Å². The highest BCUT2D eigenvalue weighted by Crippen LogP contribution is 2.12. The highest BCUT2D eigenvalue weighted by molar-refractivity contribution is 5.70. The van der Waals surface area contributed by atoms with Crippen molar-refractivity contribution in [2.24, 2.45) is 0 Å². The van der Waals surface area contributed by atoms with Gasteiger partial charge in [0.2, 0.25) is 0 Å². The summed E-state index contributed by atoms with van der Waals surface area (Å²) in [5, 5.41) is 0. The Morgan fingerprint density at radius 2 is 0.682 bits per heavy atom. The van der Waals surface area contributed by atoms with Gasteiger partial charge in [-0.15, -0.1) is 0 Å². The van der Waals surface area contributed by atoms with Crippen LogP contribution in [0.5, 0.6) is 0 Å². The molecule has 1 unspecified atom stereocenters. The normalized spacial score (nSPS) is 13.2. The monoisotopic (exact) mass is 913 g/mol. The molecule has 0 aromatic heterocycles. The minimum atomic E-state index is -0.578. The van der Waals surface area contributed by atoms with Gasteiger partial charge in [0.1, 0.15) is 6.61 Å². The number of unbranched alkanes of at least 4 members (excludes halogenated alkanes) is 17. The lowest BCUT2D eigenvalue weighted by molar-refractivity contribution is -0.163. The second-order valence-electron chi connectivity index (χ2n) is 17.4. The maximum absolute atomic E-state index is 12.8. The van der Waals surface area contributed by atoms with E-state index in [2.05, 4.69) is 142 Å². The molecule has 0 saturated heterocycles. The molecule has 0 amide bonds. The van der Waals surface area contributed by atoms with E-state index < -0.39 is 6.10 Å². The number of hydrogen-bond donors (Lipinski definition) is 0. The second-order valence-corrected chi connectivity index (χ2v) is 17.4. The molecular formula is C61H100O5. The minimum absolute atomic E-state index is 0.0491. The van der Waals surface area contributed by atoms with Crippen molar-refractivity contribution in [3.63, 3.8) is 0 Å². The van der Waals surface area contributed by atoms with E-state index in [0.717, 1.165) is 122 Å². The van der Waals surface area contributed by atoms with Crippen molar-refractivity contribution in [3.05, 3.63) is 122 Å². The van der Waals surface area contributed by atoms with Crippen molar-refractivity contribution in [2.75, 3.05) is 19.8 Å². The van der Waals surface area contributed by atoms with E-state index in [4.69, 9.17) is 14.2 Å². The zero-order valence-corrected chi connectivity index (χ0v) is 42.9. The molecule has 0 spiro atoms. The maximum atomic E-state index is 12.8. The Morgan fingerprint density at radius 1 is 0.348 bits per heavy atom. The predicted octanol–water partition coefficient (Wildman–Crippen LogP) is 18.6. The summed E-state index contributed by atoms with van der Waals surface area (Å²) >= 11 is 0. The Balaban J connectivity index is 4.40. The SMILES string of the molecule is CC/C=C\C/C=C\C/C=C\C/C=C\CCCCCCCCC(=O)OCC(COCCCCCCCC/C=C\C/C=C\CCCCC)OC(=O)CCCC/C=C\C/C=C\C/C=C\C/C=C\CC. The molecule has 5 nitrogen and oxygen atoms in total. The molecule has 0 saturated carbocycles.